The molecule has 5 heteroatoms. The molecule has 0 spiro atoms. The predicted molar refractivity (Wildman–Crippen MR) is 83.1 cm³/mol. The number of carbonyl (C=O) groups excluding carboxylic acids is 2. The smallest absolute Gasteiger partial charge is 0.227 e. The van der Waals surface area contributed by atoms with E-state index >= 15 is 0 Å². The van der Waals surface area contributed by atoms with Crippen LogP contribution in [0.25, 0.3) is 0 Å². The maximum Gasteiger partial charge on any atom is 0.227 e. The molecule has 3 heterocycles. The van der Waals surface area contributed by atoms with Crippen molar-refractivity contribution in [1.82, 2.24) is 9.80 Å². The van der Waals surface area contributed by atoms with Crippen LogP contribution in [-0.2, 0) is 16.0 Å². The Morgan fingerprint density at radius 1 is 1.43 bits per heavy atom. The summed E-state index contributed by atoms with van der Waals surface area (Å²) in [5.74, 6) is 0.857. The zero-order valence-corrected chi connectivity index (χ0v) is 13.4. The van der Waals surface area contributed by atoms with Crippen LogP contribution >= 0.6 is 11.3 Å². The van der Waals surface area contributed by atoms with E-state index in [-0.39, 0.29) is 23.9 Å². The summed E-state index contributed by atoms with van der Waals surface area (Å²) in [6.07, 6.45) is 1.90. The molecule has 0 radical (unpaired) electrons. The number of fused-ring (bicyclic) bond motifs is 1. The first kappa shape index (κ1) is 14.6. The molecule has 2 amide bonds. The van der Waals surface area contributed by atoms with Crippen molar-refractivity contribution in [3.05, 3.63) is 22.4 Å². The van der Waals surface area contributed by atoms with Gasteiger partial charge >= 0.3 is 0 Å². The molecule has 0 N–H and O–H groups in total. The average molecular weight is 306 g/mol. The second-order valence-electron chi connectivity index (χ2n) is 6.46. The Labute approximate surface area is 129 Å². The molecule has 2 aliphatic rings. The van der Waals surface area contributed by atoms with Gasteiger partial charge < -0.3 is 9.80 Å². The Bertz CT molecular complexity index is 526. The number of thiophene rings is 1. The van der Waals surface area contributed by atoms with E-state index in [0.29, 0.717) is 18.8 Å². The minimum Gasteiger partial charge on any atom is -0.337 e. The van der Waals surface area contributed by atoms with E-state index in [4.69, 9.17) is 0 Å². The molecule has 2 saturated heterocycles. The first-order valence-corrected chi connectivity index (χ1v) is 8.60. The maximum atomic E-state index is 12.5. The maximum absolute atomic E-state index is 12.5. The van der Waals surface area contributed by atoms with E-state index in [1.807, 2.05) is 26.6 Å². The van der Waals surface area contributed by atoms with Crippen molar-refractivity contribution in [3.8, 4) is 0 Å². The molecular formula is C16H22N2O2S. The highest BCUT2D eigenvalue weighted by molar-refractivity contribution is 7.07. The highest BCUT2D eigenvalue weighted by Gasteiger charge is 2.47. The van der Waals surface area contributed by atoms with E-state index in [2.05, 4.69) is 13.8 Å². The molecule has 1 aromatic heterocycles. The number of likely N-dealkylation sites (tertiary alicyclic amines) is 2. The Hall–Kier alpha value is -1.36. The van der Waals surface area contributed by atoms with Crippen molar-refractivity contribution in [2.45, 2.75) is 45.2 Å². The molecule has 21 heavy (non-hydrogen) atoms. The molecule has 0 aliphatic carbocycles. The van der Waals surface area contributed by atoms with Crippen molar-refractivity contribution in [2.24, 2.45) is 5.92 Å². The van der Waals surface area contributed by atoms with Crippen LogP contribution in [0.2, 0.25) is 0 Å². The molecular weight excluding hydrogens is 284 g/mol. The molecule has 1 aromatic rings. The van der Waals surface area contributed by atoms with Crippen molar-refractivity contribution in [1.29, 1.82) is 0 Å². The third-order valence-corrected chi connectivity index (χ3v) is 5.16. The molecule has 2 aliphatic heterocycles. The van der Waals surface area contributed by atoms with Crippen molar-refractivity contribution >= 4 is 23.2 Å². The Morgan fingerprint density at radius 2 is 2.24 bits per heavy atom. The summed E-state index contributed by atoms with van der Waals surface area (Å²) in [6, 6.07) is 2.34. The van der Waals surface area contributed by atoms with Crippen LogP contribution < -0.4 is 0 Å². The van der Waals surface area contributed by atoms with Crippen LogP contribution in [0.1, 0.15) is 32.3 Å². The lowest BCUT2D eigenvalue weighted by molar-refractivity contribution is -0.131. The fourth-order valence-electron chi connectivity index (χ4n) is 3.54. The van der Waals surface area contributed by atoms with Gasteiger partial charge in [0, 0.05) is 19.5 Å². The van der Waals surface area contributed by atoms with E-state index in [1.54, 1.807) is 11.3 Å². The van der Waals surface area contributed by atoms with Gasteiger partial charge in [0.2, 0.25) is 11.8 Å². The molecule has 0 unspecified atom stereocenters. The molecule has 0 bridgehead atoms. The lowest BCUT2D eigenvalue weighted by Crippen LogP contribution is -2.41. The monoisotopic (exact) mass is 306 g/mol. The van der Waals surface area contributed by atoms with Gasteiger partial charge in [-0.05, 0) is 34.7 Å². The number of amides is 2. The fourth-order valence-corrected chi connectivity index (χ4v) is 4.21. The lowest BCUT2D eigenvalue weighted by atomic mass is 10.1. The van der Waals surface area contributed by atoms with Crippen LogP contribution in [0, 0.1) is 5.92 Å². The lowest BCUT2D eigenvalue weighted by Gasteiger charge is -2.26. The van der Waals surface area contributed by atoms with Gasteiger partial charge in [-0.15, -0.1) is 0 Å². The molecule has 4 nitrogen and oxygen atoms in total. The first-order chi connectivity index (χ1) is 10.1. The van der Waals surface area contributed by atoms with Crippen LogP contribution in [0.15, 0.2) is 16.8 Å². The van der Waals surface area contributed by atoms with E-state index in [0.717, 1.165) is 25.1 Å². The molecule has 114 valence electrons. The zero-order valence-electron chi connectivity index (χ0n) is 12.6. The Morgan fingerprint density at radius 3 is 2.90 bits per heavy atom. The molecule has 2 fully saturated rings. The van der Waals surface area contributed by atoms with Gasteiger partial charge in [-0.25, -0.2) is 0 Å². The summed E-state index contributed by atoms with van der Waals surface area (Å²) in [4.78, 5) is 28.6. The number of hydrogen-bond donors (Lipinski definition) is 0. The summed E-state index contributed by atoms with van der Waals surface area (Å²) in [7, 11) is 0. The minimum absolute atomic E-state index is 0.0994. The number of carbonyl (C=O) groups is 2. The Kier molecular flexibility index (Phi) is 4.02. The summed E-state index contributed by atoms with van der Waals surface area (Å²) in [6.45, 7) is 5.87. The molecule has 0 saturated carbocycles. The quantitative estimate of drug-likeness (QED) is 0.855. The topological polar surface area (TPSA) is 40.6 Å². The third-order valence-electron chi connectivity index (χ3n) is 4.43. The summed E-state index contributed by atoms with van der Waals surface area (Å²) >= 11 is 1.62. The van der Waals surface area contributed by atoms with Gasteiger partial charge in [0.1, 0.15) is 0 Å². The first-order valence-electron chi connectivity index (χ1n) is 7.66. The highest BCUT2D eigenvalue weighted by atomic mass is 32.1. The van der Waals surface area contributed by atoms with Gasteiger partial charge in [-0.1, -0.05) is 13.8 Å². The van der Waals surface area contributed by atoms with E-state index < -0.39 is 0 Å². The second kappa shape index (κ2) is 5.79. The largest absolute Gasteiger partial charge is 0.337 e. The summed E-state index contributed by atoms with van der Waals surface area (Å²) < 4.78 is 0. The van der Waals surface area contributed by atoms with Gasteiger partial charge in [0.05, 0.1) is 18.5 Å². The van der Waals surface area contributed by atoms with Crippen LogP contribution in [0.4, 0.5) is 0 Å². The van der Waals surface area contributed by atoms with Crippen molar-refractivity contribution in [3.63, 3.8) is 0 Å². The van der Waals surface area contributed by atoms with Crippen molar-refractivity contribution in [2.75, 3.05) is 13.1 Å². The van der Waals surface area contributed by atoms with Gasteiger partial charge in [0.25, 0.3) is 0 Å². The predicted octanol–water partition coefficient (Wildman–Crippen LogP) is 2.15. The van der Waals surface area contributed by atoms with Crippen molar-refractivity contribution < 1.29 is 9.59 Å². The van der Waals surface area contributed by atoms with E-state index in [1.165, 1.54) is 0 Å². The SMILES string of the molecule is CC(C)CN1C(=O)C[C@H]2[C@H]1CCN2C(=O)Cc1ccsc1. The summed E-state index contributed by atoms with van der Waals surface area (Å²) in [5, 5.41) is 4.02. The minimum atomic E-state index is 0.0994. The van der Waals surface area contributed by atoms with E-state index in [9.17, 15) is 9.59 Å². The fraction of sp³-hybridized carbons (Fsp3) is 0.625. The van der Waals surface area contributed by atoms with Gasteiger partial charge in [-0.3, -0.25) is 9.59 Å². The van der Waals surface area contributed by atoms with Gasteiger partial charge in [-0.2, -0.15) is 11.3 Å². The third kappa shape index (κ3) is 2.84. The normalized spacial score (nSPS) is 25.0. The van der Waals surface area contributed by atoms with Crippen LogP contribution in [-0.4, -0.2) is 46.8 Å². The Balaban J connectivity index is 1.67. The van der Waals surface area contributed by atoms with Crippen LogP contribution in [0.5, 0.6) is 0 Å². The average Bonchev–Trinajstić information content (AvgIpc) is 3.09. The zero-order chi connectivity index (χ0) is 15.0. The standard InChI is InChI=1S/C16H22N2O2S/c1-11(2)9-18-13-3-5-17(14(13)8-16(18)20)15(19)7-12-4-6-21-10-12/h4,6,10-11,13-14H,3,5,7-9H2,1-2H3/t13-,14+/m1/s1. The highest BCUT2D eigenvalue weighted by Crippen LogP contribution is 2.33. The number of hydrogen-bond acceptors (Lipinski definition) is 3. The van der Waals surface area contributed by atoms with Gasteiger partial charge in [0.15, 0.2) is 0 Å². The number of rotatable bonds is 4. The molecule has 3 rings (SSSR count). The van der Waals surface area contributed by atoms with Crippen LogP contribution in [0.3, 0.4) is 0 Å². The molecule has 0 aromatic carbocycles. The second-order valence-corrected chi connectivity index (χ2v) is 7.24. The number of nitrogens with zero attached hydrogens (tertiary/aromatic N) is 2. The summed E-state index contributed by atoms with van der Waals surface area (Å²) in [5.41, 5.74) is 1.08. The molecule has 2 atom stereocenters.